The number of thioether (sulfide) groups is 1. The number of benzene rings is 3. The molecule has 0 bridgehead atoms. The van der Waals surface area contributed by atoms with E-state index in [9.17, 15) is 29.3 Å². The summed E-state index contributed by atoms with van der Waals surface area (Å²) in [6.45, 7) is -0.170. The quantitative estimate of drug-likeness (QED) is 0.132. The van der Waals surface area contributed by atoms with Crippen molar-refractivity contribution < 1.29 is 33.6 Å². The largest absolute Gasteiger partial charge is 0.451 e. The lowest BCUT2D eigenvalue weighted by atomic mass is 9.98. The van der Waals surface area contributed by atoms with E-state index in [1.54, 1.807) is 0 Å². The zero-order valence-corrected chi connectivity index (χ0v) is 22.1. The lowest BCUT2D eigenvalue weighted by Gasteiger charge is -2.51. The van der Waals surface area contributed by atoms with Crippen LogP contribution in [0.3, 0.4) is 0 Å². The first kappa shape index (κ1) is 27.6. The Balaban J connectivity index is 1.27. The molecule has 0 saturated carbocycles. The molecular formula is C29H23N3O8S. The van der Waals surface area contributed by atoms with Crippen LogP contribution in [0.4, 0.5) is 10.5 Å². The average molecular weight is 574 g/mol. The molecule has 2 unspecified atom stereocenters. The third-order valence-corrected chi connectivity index (χ3v) is 7.79. The number of fused-ring (bicyclic) bond motifs is 1. The summed E-state index contributed by atoms with van der Waals surface area (Å²) < 4.78 is 11.1. The van der Waals surface area contributed by atoms with E-state index < -0.39 is 46.5 Å². The molecule has 41 heavy (non-hydrogen) atoms. The van der Waals surface area contributed by atoms with Crippen LogP contribution in [0.2, 0.25) is 0 Å². The number of nitro benzene ring substituents is 1. The van der Waals surface area contributed by atoms with Gasteiger partial charge in [0, 0.05) is 17.7 Å². The molecule has 2 aliphatic rings. The molecule has 3 atom stereocenters. The minimum Gasteiger partial charge on any atom is -0.451 e. The number of carbonyl (C=O) groups excluding carboxylic acids is 4. The van der Waals surface area contributed by atoms with E-state index in [2.05, 4.69) is 5.32 Å². The maximum absolute atomic E-state index is 13.5. The normalized spacial score (nSPS) is 19.3. The molecule has 5 rings (SSSR count). The molecule has 12 heteroatoms. The Morgan fingerprint density at radius 1 is 1.00 bits per heavy atom. The number of aldehydes is 1. The molecule has 0 spiro atoms. The number of nitrogens with one attached hydrogen (secondary N) is 1. The summed E-state index contributed by atoms with van der Waals surface area (Å²) in [7, 11) is 0. The summed E-state index contributed by atoms with van der Waals surface area (Å²) in [5.41, 5.74) is 1.93. The molecule has 2 amide bonds. The van der Waals surface area contributed by atoms with E-state index in [0.717, 1.165) is 22.9 Å². The molecule has 1 N–H and O–H groups in total. The second-order valence-corrected chi connectivity index (χ2v) is 10.2. The fourth-order valence-corrected chi connectivity index (χ4v) is 5.73. The molecule has 0 aromatic heterocycles. The molecule has 2 heterocycles. The van der Waals surface area contributed by atoms with Gasteiger partial charge in [0.15, 0.2) is 12.1 Å². The summed E-state index contributed by atoms with van der Waals surface area (Å²) in [4.78, 5) is 62.4. The highest BCUT2D eigenvalue weighted by molar-refractivity contribution is 8.03. The first-order valence-electron chi connectivity index (χ1n) is 12.5. The van der Waals surface area contributed by atoms with Gasteiger partial charge in [-0.1, -0.05) is 60.7 Å². The van der Waals surface area contributed by atoms with E-state index in [0.29, 0.717) is 11.8 Å². The summed E-state index contributed by atoms with van der Waals surface area (Å²) in [6, 6.07) is 21.4. The van der Waals surface area contributed by atoms with Gasteiger partial charge in [0.2, 0.25) is 5.91 Å². The van der Waals surface area contributed by atoms with Gasteiger partial charge in [-0.25, -0.2) is 9.59 Å². The van der Waals surface area contributed by atoms with Crippen molar-refractivity contribution in [1.82, 2.24) is 10.2 Å². The number of nitro groups is 1. The van der Waals surface area contributed by atoms with Gasteiger partial charge in [-0.15, -0.1) is 11.8 Å². The van der Waals surface area contributed by atoms with Crippen molar-refractivity contribution >= 4 is 41.7 Å². The van der Waals surface area contributed by atoms with Crippen molar-refractivity contribution in [3.05, 3.63) is 123 Å². The summed E-state index contributed by atoms with van der Waals surface area (Å²) >= 11 is 1.12. The van der Waals surface area contributed by atoms with Crippen LogP contribution >= 0.6 is 11.8 Å². The molecule has 1 saturated heterocycles. The lowest BCUT2D eigenvalue weighted by Crippen LogP contribution is -2.74. The molecule has 0 radical (unpaired) electrons. The van der Waals surface area contributed by atoms with Crippen molar-refractivity contribution in [2.75, 3.05) is 0 Å². The summed E-state index contributed by atoms with van der Waals surface area (Å²) in [5.74, 6) is -1.35. The summed E-state index contributed by atoms with van der Waals surface area (Å²) in [5, 5.41) is 14.1. The highest BCUT2D eigenvalue weighted by Gasteiger charge is 2.56. The fraction of sp³-hybridized carbons (Fsp3) is 0.172. The highest BCUT2D eigenvalue weighted by atomic mass is 32.2. The Morgan fingerprint density at radius 2 is 1.61 bits per heavy atom. The minimum absolute atomic E-state index is 0.0728. The fourth-order valence-electron chi connectivity index (χ4n) is 4.55. The van der Waals surface area contributed by atoms with Gasteiger partial charge in [0.1, 0.15) is 24.3 Å². The Bertz CT molecular complexity index is 1460. The van der Waals surface area contributed by atoms with Crippen molar-refractivity contribution in [2.24, 2.45) is 0 Å². The van der Waals surface area contributed by atoms with Crippen molar-refractivity contribution in [3.8, 4) is 0 Å². The smallest absolute Gasteiger partial charge is 0.408 e. The average Bonchev–Trinajstić information content (AvgIpc) is 3.01. The Morgan fingerprint density at radius 3 is 2.17 bits per heavy atom. The standard InChI is InChI=1S/C29H23N3O8S/c33-15-21-17-41-27-23(30-29(36)39-16-18-11-13-22(14-12-18)32(37)38)26(34)31(27)24(21)28(35)40-25(19-7-3-1-4-8-19)20-9-5-2-6-10-20/h1-15,17,23-25,27H,16H2,(H,30,36)/t23?,24?,27-/m1/s1. The second-order valence-electron chi connectivity index (χ2n) is 9.17. The highest BCUT2D eigenvalue weighted by Crippen LogP contribution is 2.40. The van der Waals surface area contributed by atoms with Crippen LogP contribution in [0.25, 0.3) is 0 Å². The van der Waals surface area contributed by atoms with Gasteiger partial charge >= 0.3 is 12.1 Å². The number of ether oxygens (including phenoxy) is 2. The zero-order chi connectivity index (χ0) is 28.9. The third kappa shape index (κ3) is 5.82. The van der Waals surface area contributed by atoms with E-state index >= 15 is 0 Å². The number of β-lactam (4-membered cyclic amide) rings is 1. The molecule has 208 valence electrons. The van der Waals surface area contributed by atoms with Crippen LogP contribution in [0, 0.1) is 10.1 Å². The predicted molar refractivity (Wildman–Crippen MR) is 147 cm³/mol. The molecule has 0 aliphatic carbocycles. The summed E-state index contributed by atoms with van der Waals surface area (Å²) in [6.07, 6.45) is -1.13. The van der Waals surface area contributed by atoms with Crippen LogP contribution in [0.5, 0.6) is 0 Å². The van der Waals surface area contributed by atoms with Crippen LogP contribution in [-0.2, 0) is 30.5 Å². The van der Waals surface area contributed by atoms with Crippen molar-refractivity contribution in [3.63, 3.8) is 0 Å². The van der Waals surface area contributed by atoms with E-state index in [4.69, 9.17) is 9.47 Å². The molecular weight excluding hydrogens is 550 g/mol. The predicted octanol–water partition coefficient (Wildman–Crippen LogP) is 3.89. The maximum Gasteiger partial charge on any atom is 0.408 e. The number of hydrogen-bond acceptors (Lipinski definition) is 9. The molecule has 1 fully saturated rings. The van der Waals surface area contributed by atoms with Gasteiger partial charge < -0.3 is 19.7 Å². The van der Waals surface area contributed by atoms with Crippen LogP contribution in [0.1, 0.15) is 22.8 Å². The first-order valence-corrected chi connectivity index (χ1v) is 13.4. The van der Waals surface area contributed by atoms with Crippen LogP contribution in [-0.4, -0.2) is 51.5 Å². The lowest BCUT2D eigenvalue weighted by molar-refractivity contribution is -0.384. The SMILES string of the molecule is O=CC1=CS[C@@H]2C(NC(=O)OCc3ccc([N+](=O)[O-])cc3)C(=O)N2C1C(=O)OC(c1ccccc1)c1ccccc1. The monoisotopic (exact) mass is 573 g/mol. The van der Waals surface area contributed by atoms with Gasteiger partial charge in [0.25, 0.3) is 5.69 Å². The number of amides is 2. The second kappa shape index (κ2) is 12.0. The Hall–Kier alpha value is -4.97. The van der Waals surface area contributed by atoms with Crippen molar-refractivity contribution in [1.29, 1.82) is 0 Å². The van der Waals surface area contributed by atoms with Crippen LogP contribution in [0.15, 0.2) is 95.9 Å². The number of esters is 1. The van der Waals surface area contributed by atoms with Gasteiger partial charge in [-0.2, -0.15) is 0 Å². The number of alkyl carbamates (subject to hydrolysis) is 1. The van der Waals surface area contributed by atoms with Gasteiger partial charge in [-0.3, -0.25) is 19.7 Å². The third-order valence-electron chi connectivity index (χ3n) is 6.61. The van der Waals surface area contributed by atoms with E-state index in [1.807, 2.05) is 60.7 Å². The number of nitrogens with zero attached hydrogens (tertiary/aromatic N) is 2. The minimum atomic E-state index is -1.28. The first-order chi connectivity index (χ1) is 19.9. The number of rotatable bonds is 9. The van der Waals surface area contributed by atoms with E-state index in [-0.39, 0.29) is 17.9 Å². The number of non-ortho nitro benzene ring substituents is 1. The molecule has 11 nitrogen and oxygen atoms in total. The van der Waals surface area contributed by atoms with Gasteiger partial charge in [-0.05, 0) is 34.2 Å². The van der Waals surface area contributed by atoms with Gasteiger partial charge in [0.05, 0.1) is 4.92 Å². The topological polar surface area (TPSA) is 145 Å². The van der Waals surface area contributed by atoms with Crippen LogP contribution < -0.4 is 5.32 Å². The Labute approximate surface area is 238 Å². The van der Waals surface area contributed by atoms with E-state index in [1.165, 1.54) is 34.6 Å². The Kier molecular flexibility index (Phi) is 8.11. The maximum atomic E-state index is 13.5. The molecule has 3 aromatic carbocycles. The molecule has 2 aliphatic heterocycles. The molecule has 3 aromatic rings. The zero-order valence-electron chi connectivity index (χ0n) is 21.3. The number of carbonyl (C=O) groups is 4. The number of hydrogen-bond donors (Lipinski definition) is 1. The van der Waals surface area contributed by atoms with Crippen molar-refractivity contribution in [2.45, 2.75) is 30.2 Å².